The Morgan fingerprint density at radius 3 is 1.32 bits per heavy atom. The van der Waals surface area contributed by atoms with Crippen molar-refractivity contribution in [2.45, 2.75) is 0 Å². The van der Waals surface area contributed by atoms with Crippen LogP contribution in [0, 0.1) is 0 Å². The highest BCUT2D eigenvalue weighted by atomic mass is 16.5. The van der Waals surface area contributed by atoms with Gasteiger partial charge in [-0.2, -0.15) is 0 Å². The Morgan fingerprint density at radius 2 is 0.825 bits per heavy atom. The second kappa shape index (κ2) is 14.7. The molecule has 0 saturated heterocycles. The minimum absolute atomic E-state index is 0.482. The molecule has 0 bridgehead atoms. The van der Waals surface area contributed by atoms with Gasteiger partial charge in [-0.1, -0.05) is 97.1 Å². The molecule has 0 spiro atoms. The molecule has 0 unspecified atom stereocenters. The Bertz CT molecular complexity index is 2840. The van der Waals surface area contributed by atoms with Gasteiger partial charge in [-0.3, -0.25) is 14.5 Å². The maximum absolute atomic E-state index is 6.54. The Hall–Kier alpha value is -7.97. The fourth-order valence-electron chi connectivity index (χ4n) is 7.33. The molecule has 0 aliphatic heterocycles. The molecule has 4 heterocycles. The summed E-state index contributed by atoms with van der Waals surface area (Å²) < 4.78 is 15.1. The lowest BCUT2D eigenvalue weighted by Crippen LogP contribution is -2.01. The Morgan fingerprint density at radius 1 is 0.368 bits per heavy atom. The van der Waals surface area contributed by atoms with Crippen molar-refractivity contribution in [3.8, 4) is 73.7 Å². The van der Waals surface area contributed by atoms with Crippen molar-refractivity contribution < 1.29 is 9.47 Å². The molecular weight excluding hydrogens is 705 g/mol. The highest BCUT2D eigenvalue weighted by molar-refractivity contribution is 6.09. The van der Waals surface area contributed by atoms with E-state index in [1.165, 1.54) is 12.7 Å². The minimum Gasteiger partial charge on any atom is -0.457 e. The molecule has 0 atom stereocenters. The van der Waals surface area contributed by atoms with Gasteiger partial charge in [-0.05, 0) is 71.8 Å². The summed E-state index contributed by atoms with van der Waals surface area (Å²) in [6.45, 7) is 0. The standard InChI is InChI=1S/C49H32N6O2/c1-3-11-33(12-4-1)41-19-9-25-51-47(41)35-15-7-17-37(27-35)56-39-21-23-43-44-24-22-40(30-46(44)55(45(43)29-39)49-53-31-50-32-54-49)57-38-18-8-16-36(28-38)48-42(20-10-26-52-48)34-13-5-2-6-14-34/h1-32H. The predicted octanol–water partition coefficient (Wildman–Crippen LogP) is 12.0. The zero-order valence-electron chi connectivity index (χ0n) is 30.5. The number of rotatable bonds is 9. The second-order valence-electron chi connectivity index (χ2n) is 13.4. The molecule has 6 aromatic carbocycles. The molecule has 0 aliphatic carbocycles. The zero-order chi connectivity index (χ0) is 38.0. The van der Waals surface area contributed by atoms with Crippen LogP contribution in [0.5, 0.6) is 23.0 Å². The van der Waals surface area contributed by atoms with E-state index >= 15 is 0 Å². The van der Waals surface area contributed by atoms with Crippen molar-refractivity contribution in [1.82, 2.24) is 29.5 Å². The van der Waals surface area contributed by atoms with Crippen molar-refractivity contribution in [2.24, 2.45) is 0 Å². The van der Waals surface area contributed by atoms with Crippen LogP contribution in [0.1, 0.15) is 0 Å². The average molecular weight is 737 g/mol. The number of hydrogen-bond acceptors (Lipinski definition) is 7. The van der Waals surface area contributed by atoms with Gasteiger partial charge in [0, 0.05) is 57.6 Å². The normalized spacial score (nSPS) is 11.2. The molecule has 10 rings (SSSR count). The quantitative estimate of drug-likeness (QED) is 0.146. The van der Waals surface area contributed by atoms with Gasteiger partial charge in [0.25, 0.3) is 0 Å². The van der Waals surface area contributed by atoms with E-state index in [0.29, 0.717) is 28.9 Å². The lowest BCUT2D eigenvalue weighted by molar-refractivity contribution is 0.483. The highest BCUT2D eigenvalue weighted by Gasteiger charge is 2.18. The van der Waals surface area contributed by atoms with E-state index in [-0.39, 0.29) is 0 Å². The molecule has 10 aromatic rings. The summed E-state index contributed by atoms with van der Waals surface area (Å²) in [4.78, 5) is 22.7. The van der Waals surface area contributed by atoms with Crippen LogP contribution in [0.2, 0.25) is 0 Å². The summed E-state index contributed by atoms with van der Waals surface area (Å²) >= 11 is 0. The first-order chi connectivity index (χ1) is 28.2. The number of ether oxygens (including phenoxy) is 2. The monoisotopic (exact) mass is 736 g/mol. The van der Waals surface area contributed by atoms with Gasteiger partial charge in [-0.15, -0.1) is 0 Å². The fraction of sp³-hybridized carbons (Fsp3) is 0. The molecule has 0 N–H and O–H groups in total. The average Bonchev–Trinajstić information content (AvgIpc) is 3.60. The van der Waals surface area contributed by atoms with Gasteiger partial charge in [0.15, 0.2) is 0 Å². The Kier molecular flexibility index (Phi) is 8.66. The van der Waals surface area contributed by atoms with Crippen LogP contribution in [0.25, 0.3) is 72.5 Å². The maximum atomic E-state index is 6.54. The van der Waals surface area contributed by atoms with Gasteiger partial charge >= 0.3 is 0 Å². The van der Waals surface area contributed by atoms with Crippen LogP contribution in [0.15, 0.2) is 195 Å². The van der Waals surface area contributed by atoms with Crippen molar-refractivity contribution in [1.29, 1.82) is 0 Å². The third-order valence-corrected chi connectivity index (χ3v) is 9.86. The summed E-state index contributed by atoms with van der Waals surface area (Å²) in [7, 11) is 0. The molecule has 57 heavy (non-hydrogen) atoms. The van der Waals surface area contributed by atoms with Gasteiger partial charge in [-0.25, -0.2) is 15.0 Å². The first-order valence-electron chi connectivity index (χ1n) is 18.5. The second-order valence-corrected chi connectivity index (χ2v) is 13.4. The molecular formula is C49H32N6O2. The molecule has 0 radical (unpaired) electrons. The van der Waals surface area contributed by atoms with Crippen LogP contribution >= 0.6 is 0 Å². The van der Waals surface area contributed by atoms with Crippen LogP contribution in [-0.2, 0) is 0 Å². The molecule has 0 fully saturated rings. The van der Waals surface area contributed by atoms with E-state index < -0.39 is 0 Å². The van der Waals surface area contributed by atoms with E-state index in [0.717, 1.165) is 66.6 Å². The van der Waals surface area contributed by atoms with Crippen molar-refractivity contribution in [3.63, 3.8) is 0 Å². The zero-order valence-corrected chi connectivity index (χ0v) is 30.5. The minimum atomic E-state index is 0.482. The lowest BCUT2D eigenvalue weighted by atomic mass is 9.99. The van der Waals surface area contributed by atoms with E-state index in [1.807, 2.05) is 126 Å². The summed E-state index contributed by atoms with van der Waals surface area (Å²) in [6, 6.07) is 56.9. The highest BCUT2D eigenvalue weighted by Crippen LogP contribution is 2.39. The molecule has 0 aliphatic rings. The van der Waals surface area contributed by atoms with E-state index in [4.69, 9.17) is 19.4 Å². The number of fused-ring (bicyclic) bond motifs is 3. The van der Waals surface area contributed by atoms with Gasteiger partial charge in [0.2, 0.25) is 5.95 Å². The van der Waals surface area contributed by atoms with Crippen molar-refractivity contribution in [3.05, 3.63) is 195 Å². The predicted molar refractivity (Wildman–Crippen MR) is 225 cm³/mol. The van der Waals surface area contributed by atoms with E-state index in [9.17, 15) is 0 Å². The largest absolute Gasteiger partial charge is 0.457 e. The third kappa shape index (κ3) is 6.62. The number of benzene rings is 6. The molecule has 270 valence electrons. The molecule has 0 saturated carbocycles. The molecule has 0 amide bonds. The summed E-state index contributed by atoms with van der Waals surface area (Å²) in [5.41, 5.74) is 9.77. The lowest BCUT2D eigenvalue weighted by Gasteiger charge is -2.12. The number of aromatic nitrogens is 6. The molecule has 8 heteroatoms. The smallest absolute Gasteiger partial charge is 0.237 e. The SMILES string of the molecule is c1ccc(-c2cccnc2-c2cccc(Oc3ccc4c5ccc(Oc6cccc(-c7ncccc7-c7ccccc7)c6)cc5n(-c5ncncn5)c4c3)c2)cc1. The van der Waals surface area contributed by atoms with E-state index in [2.05, 4.69) is 75.6 Å². The summed E-state index contributed by atoms with van der Waals surface area (Å²) in [5.74, 6) is 3.20. The van der Waals surface area contributed by atoms with Gasteiger partial charge < -0.3 is 9.47 Å². The van der Waals surface area contributed by atoms with Crippen LogP contribution in [0.3, 0.4) is 0 Å². The fourth-order valence-corrected chi connectivity index (χ4v) is 7.33. The number of nitrogens with zero attached hydrogens (tertiary/aromatic N) is 6. The first kappa shape index (κ1) is 33.6. The number of hydrogen-bond donors (Lipinski definition) is 0. The van der Waals surface area contributed by atoms with Crippen molar-refractivity contribution >= 4 is 21.8 Å². The van der Waals surface area contributed by atoms with Crippen LogP contribution < -0.4 is 9.47 Å². The number of pyridine rings is 2. The first-order valence-corrected chi connectivity index (χ1v) is 18.5. The van der Waals surface area contributed by atoms with E-state index in [1.54, 1.807) is 0 Å². The molecule has 4 aromatic heterocycles. The van der Waals surface area contributed by atoms with Crippen LogP contribution in [-0.4, -0.2) is 29.5 Å². The summed E-state index contributed by atoms with van der Waals surface area (Å²) in [6.07, 6.45) is 6.64. The van der Waals surface area contributed by atoms with Crippen LogP contribution in [0.4, 0.5) is 0 Å². The van der Waals surface area contributed by atoms with Crippen molar-refractivity contribution in [2.75, 3.05) is 0 Å². The Labute approximate surface area is 328 Å². The third-order valence-electron chi connectivity index (χ3n) is 9.86. The maximum Gasteiger partial charge on any atom is 0.237 e. The van der Waals surface area contributed by atoms with Gasteiger partial charge in [0.05, 0.1) is 22.4 Å². The van der Waals surface area contributed by atoms with Gasteiger partial charge in [0.1, 0.15) is 35.7 Å². The Balaban J connectivity index is 1.00. The topological polar surface area (TPSA) is 87.8 Å². The molecule has 8 nitrogen and oxygen atoms in total. The summed E-state index contributed by atoms with van der Waals surface area (Å²) in [5, 5.41) is 2.04.